The summed E-state index contributed by atoms with van der Waals surface area (Å²) in [7, 11) is 1.44. The molecule has 0 spiro atoms. The SMILES string of the molecule is COc1ccc(C(O)C2CCCC2(C)C)cc1F. The van der Waals surface area contributed by atoms with E-state index in [1.165, 1.54) is 13.2 Å². The predicted octanol–water partition coefficient (Wildman–Crippen LogP) is 3.69. The zero-order valence-corrected chi connectivity index (χ0v) is 11.2. The first kappa shape index (κ1) is 13.3. The standard InChI is InChI=1S/C15H21FO2/c1-15(2)8-4-5-11(15)14(17)10-6-7-13(18-3)12(16)9-10/h6-7,9,11,14,17H,4-5,8H2,1-3H3. The lowest BCUT2D eigenvalue weighted by Crippen LogP contribution is -2.24. The first-order valence-corrected chi connectivity index (χ1v) is 6.47. The Morgan fingerprint density at radius 3 is 2.67 bits per heavy atom. The van der Waals surface area contributed by atoms with Crippen LogP contribution in [-0.2, 0) is 0 Å². The van der Waals surface area contributed by atoms with E-state index in [0.29, 0.717) is 5.56 Å². The summed E-state index contributed by atoms with van der Waals surface area (Å²) in [6.45, 7) is 4.35. The van der Waals surface area contributed by atoms with E-state index in [9.17, 15) is 9.50 Å². The average molecular weight is 252 g/mol. The molecule has 0 heterocycles. The first-order chi connectivity index (χ1) is 8.45. The number of hydrogen-bond donors (Lipinski definition) is 1. The van der Waals surface area contributed by atoms with Gasteiger partial charge in [-0.3, -0.25) is 0 Å². The summed E-state index contributed by atoms with van der Waals surface area (Å²) in [6.07, 6.45) is 2.66. The van der Waals surface area contributed by atoms with Crippen LogP contribution in [0, 0.1) is 17.2 Å². The lowest BCUT2D eigenvalue weighted by molar-refractivity contribution is 0.0529. The molecule has 18 heavy (non-hydrogen) atoms. The zero-order chi connectivity index (χ0) is 13.3. The molecule has 1 fully saturated rings. The summed E-state index contributed by atoms with van der Waals surface area (Å²) >= 11 is 0. The molecule has 1 aromatic carbocycles. The van der Waals surface area contributed by atoms with Crippen LogP contribution in [0.2, 0.25) is 0 Å². The van der Waals surface area contributed by atoms with Crippen LogP contribution in [0.4, 0.5) is 4.39 Å². The summed E-state index contributed by atoms with van der Waals surface area (Å²) in [4.78, 5) is 0. The van der Waals surface area contributed by atoms with Crippen LogP contribution in [0.15, 0.2) is 18.2 Å². The normalized spacial score (nSPS) is 23.9. The largest absolute Gasteiger partial charge is 0.494 e. The molecule has 2 nitrogen and oxygen atoms in total. The monoisotopic (exact) mass is 252 g/mol. The highest BCUT2D eigenvalue weighted by molar-refractivity contribution is 5.31. The van der Waals surface area contributed by atoms with Crippen molar-refractivity contribution < 1.29 is 14.2 Å². The zero-order valence-electron chi connectivity index (χ0n) is 11.2. The lowest BCUT2D eigenvalue weighted by Gasteiger charge is -2.31. The van der Waals surface area contributed by atoms with Gasteiger partial charge in [0.1, 0.15) is 0 Å². The Balaban J connectivity index is 2.23. The van der Waals surface area contributed by atoms with Crippen molar-refractivity contribution in [2.24, 2.45) is 11.3 Å². The molecule has 0 saturated heterocycles. The van der Waals surface area contributed by atoms with Crippen LogP contribution in [0.3, 0.4) is 0 Å². The smallest absolute Gasteiger partial charge is 0.165 e. The van der Waals surface area contributed by atoms with Crippen molar-refractivity contribution in [1.29, 1.82) is 0 Å². The number of benzene rings is 1. The Bertz CT molecular complexity index is 429. The van der Waals surface area contributed by atoms with Crippen molar-refractivity contribution in [2.75, 3.05) is 7.11 Å². The number of rotatable bonds is 3. The van der Waals surface area contributed by atoms with Crippen molar-refractivity contribution >= 4 is 0 Å². The molecule has 100 valence electrons. The minimum Gasteiger partial charge on any atom is -0.494 e. The molecule has 1 N–H and O–H groups in total. The fraction of sp³-hybridized carbons (Fsp3) is 0.600. The number of aliphatic hydroxyl groups is 1. The Morgan fingerprint density at radius 1 is 1.44 bits per heavy atom. The quantitative estimate of drug-likeness (QED) is 0.889. The Labute approximate surface area is 108 Å². The molecule has 0 radical (unpaired) electrons. The highest BCUT2D eigenvalue weighted by atomic mass is 19.1. The Kier molecular flexibility index (Phi) is 3.62. The second-order valence-corrected chi connectivity index (χ2v) is 5.83. The van der Waals surface area contributed by atoms with E-state index >= 15 is 0 Å². The van der Waals surface area contributed by atoms with E-state index in [-0.39, 0.29) is 17.1 Å². The number of aliphatic hydroxyl groups excluding tert-OH is 1. The van der Waals surface area contributed by atoms with Gasteiger partial charge in [0, 0.05) is 0 Å². The summed E-state index contributed by atoms with van der Waals surface area (Å²) in [5.74, 6) is 0.00628. The van der Waals surface area contributed by atoms with Gasteiger partial charge in [-0.1, -0.05) is 26.3 Å². The Morgan fingerprint density at radius 2 is 2.17 bits per heavy atom. The van der Waals surface area contributed by atoms with Crippen LogP contribution in [0.25, 0.3) is 0 Å². The topological polar surface area (TPSA) is 29.5 Å². The summed E-state index contributed by atoms with van der Waals surface area (Å²) in [5, 5.41) is 10.4. The van der Waals surface area contributed by atoms with Gasteiger partial charge in [0.2, 0.25) is 0 Å². The molecule has 1 saturated carbocycles. The molecule has 2 unspecified atom stereocenters. The summed E-state index contributed by atoms with van der Waals surface area (Å²) in [5.41, 5.74) is 0.767. The number of ether oxygens (including phenoxy) is 1. The van der Waals surface area contributed by atoms with Gasteiger partial charge < -0.3 is 9.84 Å². The third-order valence-corrected chi connectivity index (χ3v) is 4.24. The fourth-order valence-electron chi connectivity index (χ4n) is 3.04. The Hall–Kier alpha value is -1.09. The average Bonchev–Trinajstić information content (AvgIpc) is 2.68. The highest BCUT2D eigenvalue weighted by Gasteiger charge is 2.39. The second-order valence-electron chi connectivity index (χ2n) is 5.83. The second kappa shape index (κ2) is 4.88. The molecule has 1 aromatic rings. The van der Waals surface area contributed by atoms with Gasteiger partial charge in [0.05, 0.1) is 13.2 Å². The van der Waals surface area contributed by atoms with Crippen LogP contribution < -0.4 is 4.74 Å². The maximum Gasteiger partial charge on any atom is 0.165 e. The molecule has 3 heteroatoms. The van der Waals surface area contributed by atoms with Crippen LogP contribution in [0.1, 0.15) is 44.8 Å². The molecule has 2 atom stereocenters. The van der Waals surface area contributed by atoms with Gasteiger partial charge in [0.15, 0.2) is 11.6 Å². The lowest BCUT2D eigenvalue weighted by atomic mass is 9.77. The molecular formula is C15H21FO2. The third kappa shape index (κ3) is 2.37. The van der Waals surface area contributed by atoms with E-state index in [1.54, 1.807) is 12.1 Å². The van der Waals surface area contributed by atoms with Crippen molar-refractivity contribution in [2.45, 2.75) is 39.2 Å². The van der Waals surface area contributed by atoms with Crippen molar-refractivity contribution in [3.63, 3.8) is 0 Å². The van der Waals surface area contributed by atoms with Crippen molar-refractivity contribution in [1.82, 2.24) is 0 Å². The number of halogens is 1. The third-order valence-electron chi connectivity index (χ3n) is 4.24. The summed E-state index contributed by atoms with van der Waals surface area (Å²) < 4.78 is 18.5. The molecule has 1 aliphatic carbocycles. The molecular weight excluding hydrogens is 231 g/mol. The van der Waals surface area contributed by atoms with Gasteiger partial charge >= 0.3 is 0 Å². The molecule has 1 aliphatic rings. The van der Waals surface area contributed by atoms with Crippen LogP contribution in [-0.4, -0.2) is 12.2 Å². The van der Waals surface area contributed by atoms with E-state index in [0.717, 1.165) is 19.3 Å². The van der Waals surface area contributed by atoms with Gasteiger partial charge in [-0.15, -0.1) is 0 Å². The predicted molar refractivity (Wildman–Crippen MR) is 69.0 cm³/mol. The van der Waals surface area contributed by atoms with E-state index in [2.05, 4.69) is 13.8 Å². The van der Waals surface area contributed by atoms with Gasteiger partial charge in [0.25, 0.3) is 0 Å². The van der Waals surface area contributed by atoms with Gasteiger partial charge in [-0.2, -0.15) is 0 Å². The minimum absolute atomic E-state index is 0.121. The van der Waals surface area contributed by atoms with Crippen molar-refractivity contribution in [3.05, 3.63) is 29.6 Å². The molecule has 2 rings (SSSR count). The minimum atomic E-state index is -0.595. The molecule has 0 bridgehead atoms. The van der Waals surface area contributed by atoms with E-state index < -0.39 is 11.9 Å². The van der Waals surface area contributed by atoms with Gasteiger partial charge in [-0.25, -0.2) is 4.39 Å². The van der Waals surface area contributed by atoms with Gasteiger partial charge in [-0.05, 0) is 41.9 Å². The maximum atomic E-state index is 13.7. The van der Waals surface area contributed by atoms with Crippen LogP contribution >= 0.6 is 0 Å². The molecule has 0 aliphatic heterocycles. The summed E-state index contributed by atoms with van der Waals surface area (Å²) in [6, 6.07) is 4.72. The van der Waals surface area contributed by atoms with Crippen LogP contribution in [0.5, 0.6) is 5.75 Å². The molecule has 0 amide bonds. The number of methoxy groups -OCH3 is 1. The maximum absolute atomic E-state index is 13.7. The van der Waals surface area contributed by atoms with E-state index in [1.807, 2.05) is 0 Å². The van der Waals surface area contributed by atoms with E-state index in [4.69, 9.17) is 4.74 Å². The highest BCUT2D eigenvalue weighted by Crippen LogP contribution is 2.48. The first-order valence-electron chi connectivity index (χ1n) is 6.47. The van der Waals surface area contributed by atoms with Crippen molar-refractivity contribution in [3.8, 4) is 5.75 Å². The fourth-order valence-corrected chi connectivity index (χ4v) is 3.04. The molecule has 0 aromatic heterocycles. The number of hydrogen-bond acceptors (Lipinski definition) is 2.